The summed E-state index contributed by atoms with van der Waals surface area (Å²) in [6, 6.07) is 7.55. The monoisotopic (exact) mass is 152 g/mol. The molecule has 60 valence electrons. The SMILES string of the molecule is CON(C)c1ccccc1N. The second-order valence-corrected chi connectivity index (χ2v) is 2.24. The highest BCUT2D eigenvalue weighted by Crippen LogP contribution is 2.20. The summed E-state index contributed by atoms with van der Waals surface area (Å²) in [5.74, 6) is 0. The summed E-state index contributed by atoms with van der Waals surface area (Å²) in [6.45, 7) is 0. The number of rotatable bonds is 2. The predicted molar refractivity (Wildman–Crippen MR) is 46.3 cm³/mol. The molecule has 3 nitrogen and oxygen atoms in total. The maximum absolute atomic E-state index is 5.68. The maximum Gasteiger partial charge on any atom is 0.0862 e. The van der Waals surface area contributed by atoms with Gasteiger partial charge < -0.3 is 5.73 Å². The lowest BCUT2D eigenvalue weighted by molar-refractivity contribution is 0.185. The molecular weight excluding hydrogens is 140 g/mol. The van der Waals surface area contributed by atoms with Crippen molar-refractivity contribution >= 4 is 11.4 Å². The molecule has 3 heteroatoms. The van der Waals surface area contributed by atoms with Crippen LogP contribution in [0, 0.1) is 0 Å². The minimum atomic E-state index is 0.719. The van der Waals surface area contributed by atoms with E-state index < -0.39 is 0 Å². The summed E-state index contributed by atoms with van der Waals surface area (Å²) in [6.07, 6.45) is 0. The van der Waals surface area contributed by atoms with Crippen molar-refractivity contribution in [2.24, 2.45) is 0 Å². The number of para-hydroxylation sites is 2. The van der Waals surface area contributed by atoms with Crippen molar-refractivity contribution in [3.8, 4) is 0 Å². The minimum absolute atomic E-state index is 0.719. The highest BCUT2D eigenvalue weighted by molar-refractivity contribution is 5.65. The van der Waals surface area contributed by atoms with Gasteiger partial charge in [-0.1, -0.05) is 12.1 Å². The molecule has 0 aliphatic carbocycles. The average Bonchev–Trinajstić information content (AvgIpc) is 2.04. The summed E-state index contributed by atoms with van der Waals surface area (Å²) in [5.41, 5.74) is 7.28. The third-order valence-corrected chi connectivity index (χ3v) is 1.55. The Morgan fingerprint density at radius 1 is 1.36 bits per heavy atom. The zero-order chi connectivity index (χ0) is 8.27. The number of hydrogen-bond acceptors (Lipinski definition) is 3. The number of anilines is 2. The number of benzene rings is 1. The Hall–Kier alpha value is -1.22. The van der Waals surface area contributed by atoms with Gasteiger partial charge in [0.15, 0.2) is 0 Å². The molecule has 0 aliphatic rings. The second kappa shape index (κ2) is 3.25. The van der Waals surface area contributed by atoms with E-state index in [0.29, 0.717) is 0 Å². The highest BCUT2D eigenvalue weighted by Gasteiger charge is 2.00. The Morgan fingerprint density at radius 3 is 2.55 bits per heavy atom. The van der Waals surface area contributed by atoms with Crippen molar-refractivity contribution in [2.45, 2.75) is 0 Å². The Kier molecular flexibility index (Phi) is 2.33. The lowest BCUT2D eigenvalue weighted by Crippen LogP contribution is -2.15. The summed E-state index contributed by atoms with van der Waals surface area (Å²) >= 11 is 0. The molecule has 0 aromatic heterocycles. The van der Waals surface area contributed by atoms with Gasteiger partial charge in [-0.15, -0.1) is 0 Å². The van der Waals surface area contributed by atoms with Crippen molar-refractivity contribution in [2.75, 3.05) is 25.0 Å². The Bertz CT molecular complexity index is 237. The van der Waals surface area contributed by atoms with E-state index in [4.69, 9.17) is 10.6 Å². The fourth-order valence-electron chi connectivity index (χ4n) is 0.873. The Balaban J connectivity index is 2.93. The average molecular weight is 152 g/mol. The molecule has 0 bridgehead atoms. The van der Waals surface area contributed by atoms with Crippen LogP contribution in [0.1, 0.15) is 0 Å². The van der Waals surface area contributed by atoms with Gasteiger partial charge in [0.05, 0.1) is 18.5 Å². The topological polar surface area (TPSA) is 38.5 Å². The van der Waals surface area contributed by atoms with Crippen LogP contribution in [0.2, 0.25) is 0 Å². The van der Waals surface area contributed by atoms with Gasteiger partial charge in [0.25, 0.3) is 0 Å². The number of nitrogens with two attached hydrogens (primary N) is 1. The van der Waals surface area contributed by atoms with Crippen molar-refractivity contribution in [3.05, 3.63) is 24.3 Å². The van der Waals surface area contributed by atoms with E-state index in [9.17, 15) is 0 Å². The molecule has 0 heterocycles. The first-order chi connectivity index (χ1) is 5.25. The van der Waals surface area contributed by atoms with Crippen molar-refractivity contribution in [1.82, 2.24) is 0 Å². The van der Waals surface area contributed by atoms with E-state index >= 15 is 0 Å². The largest absolute Gasteiger partial charge is 0.397 e. The van der Waals surface area contributed by atoms with Crippen LogP contribution >= 0.6 is 0 Å². The first-order valence-electron chi connectivity index (χ1n) is 3.38. The molecule has 0 fully saturated rings. The minimum Gasteiger partial charge on any atom is -0.397 e. The number of nitrogen functional groups attached to an aromatic ring is 1. The second-order valence-electron chi connectivity index (χ2n) is 2.24. The van der Waals surface area contributed by atoms with Gasteiger partial charge in [0.1, 0.15) is 0 Å². The molecule has 1 aromatic rings. The molecule has 0 aliphatic heterocycles. The van der Waals surface area contributed by atoms with Crippen LogP contribution in [0.5, 0.6) is 0 Å². The zero-order valence-electron chi connectivity index (χ0n) is 6.74. The third-order valence-electron chi connectivity index (χ3n) is 1.55. The fourth-order valence-corrected chi connectivity index (χ4v) is 0.873. The molecular formula is C8H12N2O. The smallest absolute Gasteiger partial charge is 0.0862 e. The van der Waals surface area contributed by atoms with Gasteiger partial charge in [0.2, 0.25) is 0 Å². The fraction of sp³-hybridized carbons (Fsp3) is 0.250. The van der Waals surface area contributed by atoms with Crippen LogP contribution in [-0.2, 0) is 4.84 Å². The summed E-state index contributed by atoms with van der Waals surface area (Å²) in [5, 5.41) is 1.62. The van der Waals surface area contributed by atoms with Crippen molar-refractivity contribution < 1.29 is 4.84 Å². The van der Waals surface area contributed by atoms with Crippen LogP contribution in [0.3, 0.4) is 0 Å². The predicted octanol–water partition coefficient (Wildman–Crippen LogP) is 1.27. The van der Waals surface area contributed by atoms with E-state index in [0.717, 1.165) is 11.4 Å². The summed E-state index contributed by atoms with van der Waals surface area (Å²) < 4.78 is 0. The van der Waals surface area contributed by atoms with Crippen molar-refractivity contribution in [1.29, 1.82) is 0 Å². The third kappa shape index (κ3) is 1.62. The summed E-state index contributed by atoms with van der Waals surface area (Å²) in [7, 11) is 3.41. The Morgan fingerprint density at radius 2 is 2.00 bits per heavy atom. The quantitative estimate of drug-likeness (QED) is 0.512. The molecule has 0 unspecified atom stereocenters. The van der Waals surface area contributed by atoms with Crippen LogP contribution in [0.4, 0.5) is 11.4 Å². The molecule has 0 amide bonds. The first kappa shape index (κ1) is 7.88. The van der Waals surface area contributed by atoms with Gasteiger partial charge in [-0.05, 0) is 12.1 Å². The lowest BCUT2D eigenvalue weighted by Gasteiger charge is -2.17. The van der Waals surface area contributed by atoms with Gasteiger partial charge in [-0.2, -0.15) is 0 Å². The van der Waals surface area contributed by atoms with Crippen LogP contribution in [0.15, 0.2) is 24.3 Å². The van der Waals surface area contributed by atoms with E-state index in [1.54, 1.807) is 12.2 Å². The normalized spacial score (nSPS) is 9.64. The van der Waals surface area contributed by atoms with E-state index in [1.807, 2.05) is 31.3 Å². The number of hydrogen-bond donors (Lipinski definition) is 1. The van der Waals surface area contributed by atoms with Crippen LogP contribution in [-0.4, -0.2) is 14.2 Å². The standard InChI is InChI=1S/C8H12N2O/c1-10(11-2)8-6-4-3-5-7(8)9/h3-6H,9H2,1-2H3. The summed E-state index contributed by atoms with van der Waals surface area (Å²) in [4.78, 5) is 4.97. The maximum atomic E-state index is 5.68. The van der Waals surface area contributed by atoms with Gasteiger partial charge in [-0.3, -0.25) is 9.90 Å². The van der Waals surface area contributed by atoms with E-state index in [-0.39, 0.29) is 0 Å². The lowest BCUT2D eigenvalue weighted by atomic mass is 10.3. The Labute approximate surface area is 66.3 Å². The molecule has 2 N–H and O–H groups in total. The molecule has 0 radical (unpaired) electrons. The van der Waals surface area contributed by atoms with E-state index in [2.05, 4.69) is 0 Å². The van der Waals surface area contributed by atoms with Crippen molar-refractivity contribution in [3.63, 3.8) is 0 Å². The number of nitrogens with zero attached hydrogens (tertiary/aromatic N) is 1. The van der Waals surface area contributed by atoms with Gasteiger partial charge in [-0.25, -0.2) is 0 Å². The molecule has 1 rings (SSSR count). The first-order valence-corrected chi connectivity index (χ1v) is 3.38. The molecule has 0 saturated heterocycles. The van der Waals surface area contributed by atoms with Gasteiger partial charge in [0, 0.05) is 7.05 Å². The highest BCUT2D eigenvalue weighted by atomic mass is 16.7. The zero-order valence-corrected chi connectivity index (χ0v) is 6.74. The molecule has 1 aromatic carbocycles. The molecule has 11 heavy (non-hydrogen) atoms. The molecule has 0 saturated carbocycles. The number of hydroxylamine groups is 1. The van der Waals surface area contributed by atoms with E-state index in [1.165, 1.54) is 0 Å². The molecule has 0 spiro atoms. The molecule has 0 atom stereocenters. The van der Waals surface area contributed by atoms with Gasteiger partial charge >= 0.3 is 0 Å². The van der Waals surface area contributed by atoms with Crippen LogP contribution < -0.4 is 10.8 Å². The van der Waals surface area contributed by atoms with Crippen LogP contribution in [0.25, 0.3) is 0 Å².